The highest BCUT2D eigenvalue weighted by Crippen LogP contribution is 2.15. The molecule has 0 aliphatic heterocycles. The van der Waals surface area contributed by atoms with E-state index in [0.717, 1.165) is 0 Å². The zero-order valence-corrected chi connectivity index (χ0v) is 4.79. The van der Waals surface area contributed by atoms with Gasteiger partial charge in [0.05, 0.1) is 0 Å². The molecule has 7 heteroatoms. The highest BCUT2D eigenvalue weighted by Gasteiger charge is 2.39. The number of carbonyl (C=O) groups is 1. The van der Waals surface area contributed by atoms with Crippen molar-refractivity contribution >= 4 is 15.7 Å². The Bertz CT molecular complexity index is 184. The molecule has 54 valence electrons. The fourth-order valence-corrected chi connectivity index (χ4v) is 0.345. The van der Waals surface area contributed by atoms with Crippen molar-refractivity contribution in [2.45, 2.75) is 6.18 Å². The minimum Gasteiger partial charge on any atom is -0.273 e. The highest BCUT2D eigenvalue weighted by molar-refractivity contribution is 7.90. The molecule has 0 saturated heterocycles. The Morgan fingerprint density at radius 2 is 1.78 bits per heavy atom. The van der Waals surface area contributed by atoms with E-state index in [2.05, 4.69) is 0 Å². The van der Waals surface area contributed by atoms with Gasteiger partial charge in [-0.25, -0.2) is 8.99 Å². The van der Waals surface area contributed by atoms with Crippen molar-refractivity contribution in [3.8, 4) is 0 Å². The average Bonchev–Trinajstić information content (AvgIpc) is 1.62. The molecule has 0 aliphatic carbocycles. The summed E-state index contributed by atoms with van der Waals surface area (Å²) >= 11 is 0. The van der Waals surface area contributed by atoms with E-state index in [4.69, 9.17) is 4.78 Å². The zero-order chi connectivity index (χ0) is 7.65. The largest absolute Gasteiger partial charge is 0.464 e. The quantitative estimate of drug-likeness (QED) is 0.502. The first kappa shape index (κ1) is 8.41. The van der Waals surface area contributed by atoms with Crippen molar-refractivity contribution in [2.75, 3.05) is 0 Å². The van der Waals surface area contributed by atoms with Gasteiger partial charge < -0.3 is 0 Å². The summed E-state index contributed by atoms with van der Waals surface area (Å²) < 4.78 is 48.6. The Balaban J connectivity index is 4.42. The SMILES string of the molecule is N=[SH](=O)C(=O)C(F)(F)F. The van der Waals surface area contributed by atoms with Gasteiger partial charge in [-0.05, 0) is 0 Å². The van der Waals surface area contributed by atoms with Crippen LogP contribution in [-0.4, -0.2) is 15.5 Å². The van der Waals surface area contributed by atoms with Crippen LogP contribution in [0.1, 0.15) is 0 Å². The second-order valence-corrected chi connectivity index (χ2v) is 2.09. The highest BCUT2D eigenvalue weighted by atomic mass is 32.2. The van der Waals surface area contributed by atoms with Crippen molar-refractivity contribution in [3.05, 3.63) is 0 Å². The Kier molecular flexibility index (Phi) is 2.19. The van der Waals surface area contributed by atoms with E-state index in [9.17, 15) is 22.2 Å². The normalized spacial score (nSPS) is 15.0. The van der Waals surface area contributed by atoms with E-state index in [1.54, 1.807) is 0 Å². The molecule has 0 bridgehead atoms. The van der Waals surface area contributed by atoms with E-state index in [1.165, 1.54) is 0 Å². The van der Waals surface area contributed by atoms with Crippen molar-refractivity contribution < 1.29 is 22.2 Å². The first-order chi connectivity index (χ1) is 3.85. The molecule has 0 heterocycles. The number of halogens is 3. The number of hydrogen-bond acceptors (Lipinski definition) is 3. The lowest BCUT2D eigenvalue weighted by atomic mass is 10.8. The Morgan fingerprint density at radius 3 is 1.78 bits per heavy atom. The van der Waals surface area contributed by atoms with E-state index in [0.29, 0.717) is 0 Å². The lowest BCUT2D eigenvalue weighted by molar-refractivity contribution is -0.160. The minimum absolute atomic E-state index is 2.49. The predicted octanol–water partition coefficient (Wildman–Crippen LogP) is 0.319. The van der Waals surface area contributed by atoms with E-state index in [1.807, 2.05) is 0 Å². The van der Waals surface area contributed by atoms with Gasteiger partial charge in [-0.3, -0.25) is 4.79 Å². The molecule has 1 N–H and O–H groups in total. The predicted molar refractivity (Wildman–Crippen MR) is 23.3 cm³/mol. The van der Waals surface area contributed by atoms with Crippen molar-refractivity contribution in [1.82, 2.24) is 0 Å². The molecule has 1 unspecified atom stereocenters. The molecule has 0 aliphatic rings. The average molecular weight is 161 g/mol. The molecule has 0 aromatic carbocycles. The summed E-state index contributed by atoms with van der Waals surface area (Å²) in [4.78, 5) is 9.57. The van der Waals surface area contributed by atoms with Gasteiger partial charge in [0.15, 0.2) is 0 Å². The summed E-state index contributed by atoms with van der Waals surface area (Å²) in [5, 5.41) is -2.49. The van der Waals surface area contributed by atoms with Crippen LogP contribution >= 0.6 is 0 Å². The second-order valence-electron chi connectivity index (χ2n) is 1.10. The van der Waals surface area contributed by atoms with Crippen molar-refractivity contribution in [3.63, 3.8) is 0 Å². The van der Waals surface area contributed by atoms with Crippen molar-refractivity contribution in [1.29, 1.82) is 4.78 Å². The topological polar surface area (TPSA) is 58.0 Å². The van der Waals surface area contributed by atoms with Crippen LogP contribution < -0.4 is 0 Å². The second kappa shape index (κ2) is 2.34. The fraction of sp³-hybridized carbons (Fsp3) is 0.500. The summed E-state index contributed by atoms with van der Waals surface area (Å²) in [5.41, 5.74) is 0. The minimum atomic E-state index is -5.13. The summed E-state index contributed by atoms with van der Waals surface area (Å²) in [5.74, 6) is 0. The first-order valence-electron chi connectivity index (χ1n) is 1.65. The van der Waals surface area contributed by atoms with E-state index in [-0.39, 0.29) is 0 Å². The number of alkyl halides is 3. The number of thiol groups is 1. The number of rotatable bonds is 0. The van der Waals surface area contributed by atoms with Crippen LogP contribution in [0.15, 0.2) is 0 Å². The lowest BCUT2D eigenvalue weighted by Gasteiger charge is -1.96. The summed E-state index contributed by atoms with van der Waals surface area (Å²) in [6, 6.07) is 0. The van der Waals surface area contributed by atoms with Crippen LogP contribution in [-0.2, 0) is 15.4 Å². The van der Waals surface area contributed by atoms with Crippen LogP contribution in [0.3, 0.4) is 0 Å². The van der Waals surface area contributed by atoms with Gasteiger partial charge in [-0.15, -0.1) is 0 Å². The number of hydrogen-bond donors (Lipinski definition) is 2. The number of carbonyl (C=O) groups excluding carboxylic acids is 1. The molecule has 0 fully saturated rings. The van der Waals surface area contributed by atoms with E-state index < -0.39 is 21.9 Å². The monoisotopic (exact) mass is 161 g/mol. The van der Waals surface area contributed by atoms with Crippen LogP contribution in [0.2, 0.25) is 0 Å². The first-order valence-corrected chi connectivity index (χ1v) is 2.91. The van der Waals surface area contributed by atoms with Crippen LogP contribution in [0.25, 0.3) is 0 Å². The Labute approximate surface area is 49.9 Å². The fourth-order valence-electron chi connectivity index (χ4n) is 0.115. The molecule has 0 saturated carbocycles. The third kappa shape index (κ3) is 2.45. The Hall–Kier alpha value is -0.590. The van der Waals surface area contributed by atoms with Gasteiger partial charge in [0.2, 0.25) is 0 Å². The maximum Gasteiger partial charge on any atom is 0.464 e. The summed E-state index contributed by atoms with van der Waals surface area (Å²) in [7, 11) is -3.51. The van der Waals surface area contributed by atoms with Gasteiger partial charge in [0.1, 0.15) is 10.6 Å². The molecule has 0 spiro atoms. The molecule has 0 amide bonds. The van der Waals surface area contributed by atoms with Crippen LogP contribution in [0.4, 0.5) is 13.2 Å². The smallest absolute Gasteiger partial charge is 0.273 e. The molecule has 0 radical (unpaired) electrons. The summed E-state index contributed by atoms with van der Waals surface area (Å²) in [6.45, 7) is 0. The molecule has 0 aromatic heterocycles. The molecule has 3 nitrogen and oxygen atoms in total. The third-order valence-electron chi connectivity index (χ3n) is 0.427. The third-order valence-corrected chi connectivity index (χ3v) is 1.05. The Morgan fingerprint density at radius 1 is 1.44 bits per heavy atom. The molecule has 9 heavy (non-hydrogen) atoms. The van der Waals surface area contributed by atoms with Crippen LogP contribution in [0, 0.1) is 4.78 Å². The molecule has 1 atom stereocenters. The molecular weight excluding hydrogens is 159 g/mol. The maximum absolute atomic E-state index is 11.0. The number of nitrogens with one attached hydrogen (secondary N) is 1. The molecule has 0 aromatic rings. The maximum atomic E-state index is 11.0. The van der Waals surface area contributed by atoms with Gasteiger partial charge >= 0.3 is 11.3 Å². The molecular formula is C2H2F3NO2S. The standard InChI is InChI=1S/C2H2F3NO2S/c3-2(4,5)1(7)9(6)8/h6,9H. The van der Waals surface area contributed by atoms with E-state index >= 15 is 0 Å². The lowest BCUT2D eigenvalue weighted by Crippen LogP contribution is -2.22. The van der Waals surface area contributed by atoms with Crippen molar-refractivity contribution in [2.24, 2.45) is 0 Å². The molecule has 0 rings (SSSR count). The van der Waals surface area contributed by atoms with Gasteiger partial charge in [0, 0.05) is 0 Å². The summed E-state index contributed by atoms with van der Waals surface area (Å²) in [6.07, 6.45) is -5.13. The van der Waals surface area contributed by atoms with Gasteiger partial charge in [-0.1, -0.05) is 0 Å². The van der Waals surface area contributed by atoms with Crippen LogP contribution in [0.5, 0.6) is 0 Å². The van der Waals surface area contributed by atoms with Gasteiger partial charge in [-0.2, -0.15) is 13.2 Å². The zero-order valence-electron chi connectivity index (χ0n) is 3.90. The van der Waals surface area contributed by atoms with Gasteiger partial charge in [0.25, 0.3) is 0 Å².